The summed E-state index contributed by atoms with van der Waals surface area (Å²) in [6.07, 6.45) is 1.57. The van der Waals surface area contributed by atoms with Crippen LogP contribution in [0, 0.1) is 27.7 Å². The van der Waals surface area contributed by atoms with Crippen molar-refractivity contribution in [2.45, 2.75) is 27.7 Å². The van der Waals surface area contributed by atoms with Crippen LogP contribution < -0.4 is 5.32 Å². The molecule has 0 saturated carbocycles. The van der Waals surface area contributed by atoms with E-state index < -0.39 is 0 Å². The highest BCUT2D eigenvalue weighted by atomic mass is 16.1. The summed E-state index contributed by atoms with van der Waals surface area (Å²) >= 11 is 0. The first-order valence-electron chi connectivity index (χ1n) is 6.16. The van der Waals surface area contributed by atoms with Crippen LogP contribution >= 0.6 is 0 Å². The van der Waals surface area contributed by atoms with Gasteiger partial charge in [-0.25, -0.2) is 9.97 Å². The average molecular weight is 255 g/mol. The molecule has 4 heteroatoms. The summed E-state index contributed by atoms with van der Waals surface area (Å²) in [6, 6.07) is 5.92. The van der Waals surface area contributed by atoms with Crippen LogP contribution in [0.3, 0.4) is 0 Å². The van der Waals surface area contributed by atoms with Crippen molar-refractivity contribution in [3.8, 4) is 0 Å². The molecule has 0 unspecified atom stereocenters. The minimum absolute atomic E-state index is 0.176. The number of nitrogens with zero attached hydrogens (tertiary/aromatic N) is 2. The third kappa shape index (κ3) is 2.96. The van der Waals surface area contributed by atoms with Crippen LogP contribution in [0.5, 0.6) is 0 Å². The Morgan fingerprint density at radius 2 is 1.89 bits per heavy atom. The normalized spacial score (nSPS) is 10.3. The minimum atomic E-state index is -0.176. The van der Waals surface area contributed by atoms with Crippen LogP contribution in [0.1, 0.15) is 33.0 Å². The lowest BCUT2D eigenvalue weighted by Gasteiger charge is -2.10. The van der Waals surface area contributed by atoms with Gasteiger partial charge in [0, 0.05) is 11.9 Å². The fourth-order valence-electron chi connectivity index (χ4n) is 1.95. The molecular formula is C15H17N3O. The molecule has 2 aromatic rings. The van der Waals surface area contributed by atoms with E-state index in [0.29, 0.717) is 17.1 Å². The SMILES string of the molecule is Cc1ccc(NC(=O)c2cnc(C)nc2C)c(C)c1. The Kier molecular flexibility index (Phi) is 3.60. The second kappa shape index (κ2) is 5.18. The standard InChI is InChI=1S/C15H17N3O/c1-9-5-6-14(10(2)7-9)18-15(19)13-8-16-12(4)17-11(13)3/h5-8H,1-4H3,(H,18,19). The summed E-state index contributed by atoms with van der Waals surface area (Å²) in [6.45, 7) is 7.61. The van der Waals surface area contributed by atoms with Crippen molar-refractivity contribution in [2.75, 3.05) is 5.32 Å². The zero-order valence-corrected chi connectivity index (χ0v) is 11.6. The quantitative estimate of drug-likeness (QED) is 0.897. The zero-order chi connectivity index (χ0) is 14.0. The molecule has 0 aliphatic rings. The second-order valence-electron chi connectivity index (χ2n) is 4.69. The van der Waals surface area contributed by atoms with Gasteiger partial charge in [-0.1, -0.05) is 17.7 Å². The predicted molar refractivity (Wildman–Crippen MR) is 75.4 cm³/mol. The highest BCUT2D eigenvalue weighted by molar-refractivity contribution is 6.05. The van der Waals surface area contributed by atoms with E-state index in [2.05, 4.69) is 15.3 Å². The van der Waals surface area contributed by atoms with Gasteiger partial charge >= 0.3 is 0 Å². The Morgan fingerprint density at radius 3 is 2.53 bits per heavy atom. The first kappa shape index (κ1) is 13.2. The summed E-state index contributed by atoms with van der Waals surface area (Å²) in [7, 11) is 0. The maximum absolute atomic E-state index is 12.2. The minimum Gasteiger partial charge on any atom is -0.322 e. The van der Waals surface area contributed by atoms with Gasteiger partial charge in [0.15, 0.2) is 0 Å². The molecule has 0 bridgehead atoms. The monoisotopic (exact) mass is 255 g/mol. The van der Waals surface area contributed by atoms with Gasteiger partial charge in [0.2, 0.25) is 0 Å². The van der Waals surface area contributed by atoms with E-state index >= 15 is 0 Å². The number of aromatic nitrogens is 2. The van der Waals surface area contributed by atoms with E-state index in [1.54, 1.807) is 13.1 Å². The van der Waals surface area contributed by atoms with Crippen LogP contribution in [0.4, 0.5) is 5.69 Å². The lowest BCUT2D eigenvalue weighted by molar-refractivity contribution is 0.102. The van der Waals surface area contributed by atoms with Gasteiger partial charge in [-0.05, 0) is 39.3 Å². The van der Waals surface area contributed by atoms with Gasteiger partial charge in [-0.3, -0.25) is 4.79 Å². The Hall–Kier alpha value is -2.23. The molecule has 0 aliphatic carbocycles. The molecule has 0 saturated heterocycles. The van der Waals surface area contributed by atoms with Crippen molar-refractivity contribution >= 4 is 11.6 Å². The van der Waals surface area contributed by atoms with Crippen molar-refractivity contribution < 1.29 is 4.79 Å². The fourth-order valence-corrected chi connectivity index (χ4v) is 1.95. The number of hydrogen-bond acceptors (Lipinski definition) is 3. The van der Waals surface area contributed by atoms with Crippen molar-refractivity contribution in [1.29, 1.82) is 0 Å². The molecule has 19 heavy (non-hydrogen) atoms. The summed E-state index contributed by atoms with van der Waals surface area (Å²) in [4.78, 5) is 20.5. The van der Waals surface area contributed by atoms with Crippen LogP contribution in [0.15, 0.2) is 24.4 Å². The number of aryl methyl sites for hydroxylation is 4. The first-order valence-corrected chi connectivity index (χ1v) is 6.16. The maximum Gasteiger partial charge on any atom is 0.259 e. The zero-order valence-electron chi connectivity index (χ0n) is 11.6. The lowest BCUT2D eigenvalue weighted by atomic mass is 10.1. The first-order chi connectivity index (χ1) is 8.97. The van der Waals surface area contributed by atoms with E-state index in [1.165, 1.54) is 5.56 Å². The smallest absolute Gasteiger partial charge is 0.259 e. The molecular weight excluding hydrogens is 238 g/mol. The van der Waals surface area contributed by atoms with Crippen molar-refractivity contribution in [3.05, 3.63) is 52.6 Å². The molecule has 1 aromatic heterocycles. The Labute approximate surface area is 112 Å². The summed E-state index contributed by atoms with van der Waals surface area (Å²) in [5.41, 5.74) is 4.22. The van der Waals surface area contributed by atoms with Gasteiger partial charge in [-0.2, -0.15) is 0 Å². The van der Waals surface area contributed by atoms with Crippen LogP contribution in [-0.2, 0) is 0 Å². The van der Waals surface area contributed by atoms with Crippen molar-refractivity contribution in [1.82, 2.24) is 9.97 Å². The Bertz CT molecular complexity index is 635. The van der Waals surface area contributed by atoms with Gasteiger partial charge in [0.1, 0.15) is 5.82 Å². The van der Waals surface area contributed by atoms with Gasteiger partial charge in [0.05, 0.1) is 11.3 Å². The average Bonchev–Trinajstić information content (AvgIpc) is 2.32. The fraction of sp³-hybridized carbons (Fsp3) is 0.267. The summed E-state index contributed by atoms with van der Waals surface area (Å²) < 4.78 is 0. The molecule has 4 nitrogen and oxygen atoms in total. The molecule has 0 atom stereocenters. The molecule has 2 rings (SSSR count). The van der Waals surface area contributed by atoms with Crippen LogP contribution in [-0.4, -0.2) is 15.9 Å². The molecule has 0 spiro atoms. The van der Waals surface area contributed by atoms with Gasteiger partial charge in [0.25, 0.3) is 5.91 Å². The number of nitrogens with one attached hydrogen (secondary N) is 1. The number of rotatable bonds is 2. The molecule has 98 valence electrons. The summed E-state index contributed by atoms with van der Waals surface area (Å²) in [5, 5.41) is 2.90. The molecule has 1 heterocycles. The molecule has 0 radical (unpaired) electrons. The third-order valence-electron chi connectivity index (χ3n) is 2.97. The highest BCUT2D eigenvalue weighted by Gasteiger charge is 2.12. The predicted octanol–water partition coefficient (Wildman–Crippen LogP) is 2.96. The van der Waals surface area contributed by atoms with E-state index in [0.717, 1.165) is 11.3 Å². The second-order valence-corrected chi connectivity index (χ2v) is 4.69. The largest absolute Gasteiger partial charge is 0.322 e. The lowest BCUT2D eigenvalue weighted by Crippen LogP contribution is -2.15. The number of benzene rings is 1. The van der Waals surface area contributed by atoms with E-state index in [1.807, 2.05) is 39.0 Å². The van der Waals surface area contributed by atoms with E-state index in [4.69, 9.17) is 0 Å². The number of carbonyl (C=O) groups excluding carboxylic acids is 1. The van der Waals surface area contributed by atoms with E-state index in [9.17, 15) is 4.79 Å². The number of amides is 1. The highest BCUT2D eigenvalue weighted by Crippen LogP contribution is 2.17. The molecule has 0 fully saturated rings. The Morgan fingerprint density at radius 1 is 1.16 bits per heavy atom. The molecule has 1 N–H and O–H groups in total. The van der Waals surface area contributed by atoms with Crippen molar-refractivity contribution in [3.63, 3.8) is 0 Å². The number of anilines is 1. The molecule has 0 aliphatic heterocycles. The Balaban J connectivity index is 2.25. The van der Waals surface area contributed by atoms with Crippen LogP contribution in [0.25, 0.3) is 0 Å². The third-order valence-corrected chi connectivity index (χ3v) is 2.97. The summed E-state index contributed by atoms with van der Waals surface area (Å²) in [5.74, 6) is 0.491. The molecule has 1 amide bonds. The van der Waals surface area contributed by atoms with Gasteiger partial charge < -0.3 is 5.32 Å². The number of carbonyl (C=O) groups is 1. The van der Waals surface area contributed by atoms with Crippen molar-refractivity contribution in [2.24, 2.45) is 0 Å². The van der Waals surface area contributed by atoms with E-state index in [-0.39, 0.29) is 5.91 Å². The van der Waals surface area contributed by atoms with Gasteiger partial charge in [-0.15, -0.1) is 0 Å². The maximum atomic E-state index is 12.2. The topological polar surface area (TPSA) is 54.9 Å². The molecule has 1 aromatic carbocycles. The van der Waals surface area contributed by atoms with Crippen LogP contribution in [0.2, 0.25) is 0 Å². The number of hydrogen-bond donors (Lipinski definition) is 1.